The third kappa shape index (κ3) is 7.12. The highest BCUT2D eigenvalue weighted by Gasteiger charge is 2.37. The molecule has 0 aromatic carbocycles. The topological polar surface area (TPSA) is 63.6 Å². The molecule has 27 heavy (non-hydrogen) atoms. The summed E-state index contributed by atoms with van der Waals surface area (Å²) in [5.74, 6) is -0.295. The van der Waals surface area contributed by atoms with E-state index in [0.717, 1.165) is 25.2 Å². The molecule has 0 aliphatic heterocycles. The molecular formula is C23H40O4. The van der Waals surface area contributed by atoms with Crippen molar-refractivity contribution in [2.45, 2.75) is 97.3 Å². The summed E-state index contributed by atoms with van der Waals surface area (Å²) in [6.07, 6.45) is 14.8. The first kappa shape index (κ1) is 22.2. The lowest BCUT2D eigenvalue weighted by Crippen LogP contribution is -2.35. The molecule has 0 radical (unpaired) electrons. The van der Waals surface area contributed by atoms with Crippen LogP contribution in [0.3, 0.4) is 0 Å². The number of carboxylic acid groups (broad SMARTS) is 1. The second-order valence-corrected chi connectivity index (χ2v) is 9.09. The summed E-state index contributed by atoms with van der Waals surface area (Å²) >= 11 is 0. The van der Waals surface area contributed by atoms with Crippen LogP contribution in [-0.2, 0) is 14.3 Å². The SMILES string of the molecule is CCCCCCCC1CCC(C)C(COC(=O)C2CCCCC2C(=O)O)C1. The van der Waals surface area contributed by atoms with Crippen LogP contribution in [0.25, 0.3) is 0 Å². The molecule has 0 aromatic rings. The Morgan fingerprint density at radius 3 is 2.37 bits per heavy atom. The molecule has 4 nitrogen and oxygen atoms in total. The van der Waals surface area contributed by atoms with E-state index in [2.05, 4.69) is 13.8 Å². The first-order chi connectivity index (χ1) is 13.0. The standard InChI is InChI=1S/C23H40O4/c1-3-4-5-6-7-10-18-14-13-17(2)19(15-18)16-27-23(26)21-12-9-8-11-20(21)22(24)25/h17-21H,3-16H2,1-2H3,(H,24,25). The number of rotatable bonds is 10. The maximum Gasteiger partial charge on any atom is 0.309 e. The van der Waals surface area contributed by atoms with E-state index >= 15 is 0 Å². The van der Waals surface area contributed by atoms with Crippen molar-refractivity contribution < 1.29 is 19.4 Å². The zero-order valence-electron chi connectivity index (χ0n) is 17.5. The van der Waals surface area contributed by atoms with Crippen molar-refractivity contribution in [3.8, 4) is 0 Å². The molecule has 0 bridgehead atoms. The van der Waals surface area contributed by atoms with Gasteiger partial charge in [0.2, 0.25) is 0 Å². The van der Waals surface area contributed by atoms with E-state index in [0.29, 0.717) is 31.3 Å². The molecular weight excluding hydrogens is 340 g/mol. The number of unbranched alkanes of at least 4 members (excludes halogenated alkanes) is 4. The van der Waals surface area contributed by atoms with Crippen molar-refractivity contribution in [3.63, 3.8) is 0 Å². The van der Waals surface area contributed by atoms with Gasteiger partial charge in [-0.25, -0.2) is 0 Å². The molecule has 2 aliphatic rings. The molecule has 5 atom stereocenters. The Labute approximate surface area is 165 Å². The van der Waals surface area contributed by atoms with Crippen LogP contribution < -0.4 is 0 Å². The molecule has 0 amide bonds. The van der Waals surface area contributed by atoms with Gasteiger partial charge in [0, 0.05) is 0 Å². The summed E-state index contributed by atoms with van der Waals surface area (Å²) in [7, 11) is 0. The van der Waals surface area contributed by atoms with Crippen molar-refractivity contribution in [2.75, 3.05) is 6.61 Å². The summed E-state index contributed by atoms with van der Waals surface area (Å²) in [5.41, 5.74) is 0. The van der Waals surface area contributed by atoms with Gasteiger partial charge in [0.25, 0.3) is 0 Å². The van der Waals surface area contributed by atoms with Gasteiger partial charge in [-0.2, -0.15) is 0 Å². The maximum absolute atomic E-state index is 12.5. The number of ether oxygens (including phenoxy) is 1. The lowest BCUT2D eigenvalue weighted by atomic mass is 9.73. The summed E-state index contributed by atoms with van der Waals surface area (Å²) in [6, 6.07) is 0. The van der Waals surface area contributed by atoms with E-state index in [1.807, 2.05) is 0 Å². The summed E-state index contributed by atoms with van der Waals surface area (Å²) in [5, 5.41) is 9.38. The number of carboxylic acids is 1. The van der Waals surface area contributed by atoms with Gasteiger partial charge in [0.1, 0.15) is 0 Å². The maximum atomic E-state index is 12.5. The quantitative estimate of drug-likeness (QED) is 0.382. The van der Waals surface area contributed by atoms with E-state index in [9.17, 15) is 14.7 Å². The van der Waals surface area contributed by atoms with Crippen LogP contribution in [0, 0.1) is 29.6 Å². The van der Waals surface area contributed by atoms with Crippen molar-refractivity contribution in [1.82, 2.24) is 0 Å². The van der Waals surface area contributed by atoms with Crippen LogP contribution >= 0.6 is 0 Å². The second-order valence-electron chi connectivity index (χ2n) is 9.09. The Morgan fingerprint density at radius 2 is 1.67 bits per heavy atom. The van der Waals surface area contributed by atoms with Gasteiger partial charge in [0.15, 0.2) is 0 Å². The number of carbonyl (C=O) groups excluding carboxylic acids is 1. The zero-order chi connectivity index (χ0) is 19.6. The molecule has 156 valence electrons. The van der Waals surface area contributed by atoms with Crippen molar-refractivity contribution in [2.24, 2.45) is 29.6 Å². The normalized spacial score (nSPS) is 31.4. The minimum atomic E-state index is -0.842. The summed E-state index contributed by atoms with van der Waals surface area (Å²) in [4.78, 5) is 24.0. The highest BCUT2D eigenvalue weighted by Crippen LogP contribution is 2.37. The highest BCUT2D eigenvalue weighted by molar-refractivity contribution is 5.81. The number of esters is 1. The van der Waals surface area contributed by atoms with Gasteiger partial charge in [-0.3, -0.25) is 9.59 Å². The van der Waals surface area contributed by atoms with Crippen LogP contribution in [0.15, 0.2) is 0 Å². The molecule has 2 fully saturated rings. The van der Waals surface area contributed by atoms with Crippen LogP contribution in [0.4, 0.5) is 0 Å². The third-order valence-electron chi connectivity index (χ3n) is 7.01. The zero-order valence-corrected chi connectivity index (χ0v) is 17.5. The molecule has 2 saturated carbocycles. The van der Waals surface area contributed by atoms with Gasteiger partial charge in [-0.05, 0) is 37.0 Å². The second kappa shape index (κ2) is 11.7. The first-order valence-electron chi connectivity index (χ1n) is 11.4. The molecule has 5 unspecified atom stereocenters. The Bertz CT molecular complexity index is 461. The van der Waals surface area contributed by atoms with E-state index in [4.69, 9.17) is 4.74 Å². The van der Waals surface area contributed by atoms with E-state index in [-0.39, 0.29) is 5.97 Å². The average Bonchev–Trinajstić information content (AvgIpc) is 2.67. The van der Waals surface area contributed by atoms with E-state index in [1.165, 1.54) is 51.4 Å². The summed E-state index contributed by atoms with van der Waals surface area (Å²) in [6.45, 7) is 5.01. The fourth-order valence-electron chi connectivity index (χ4n) is 5.05. The Morgan fingerprint density at radius 1 is 0.963 bits per heavy atom. The Kier molecular flexibility index (Phi) is 9.64. The van der Waals surface area contributed by atoms with Gasteiger partial charge < -0.3 is 9.84 Å². The van der Waals surface area contributed by atoms with E-state index in [1.54, 1.807) is 0 Å². The molecule has 0 saturated heterocycles. The molecule has 0 aromatic heterocycles. The van der Waals surface area contributed by atoms with Gasteiger partial charge in [0.05, 0.1) is 18.4 Å². The van der Waals surface area contributed by atoms with Crippen molar-refractivity contribution in [3.05, 3.63) is 0 Å². The van der Waals surface area contributed by atoms with Gasteiger partial charge in [-0.15, -0.1) is 0 Å². The molecule has 1 N–H and O–H groups in total. The Hall–Kier alpha value is -1.06. The minimum Gasteiger partial charge on any atom is -0.481 e. The van der Waals surface area contributed by atoms with Crippen LogP contribution in [-0.4, -0.2) is 23.7 Å². The minimum absolute atomic E-state index is 0.268. The van der Waals surface area contributed by atoms with E-state index < -0.39 is 17.8 Å². The number of hydrogen-bond donors (Lipinski definition) is 1. The highest BCUT2D eigenvalue weighted by atomic mass is 16.5. The fraction of sp³-hybridized carbons (Fsp3) is 0.913. The Balaban J connectivity index is 1.75. The van der Waals surface area contributed by atoms with Crippen LogP contribution in [0.2, 0.25) is 0 Å². The number of carbonyl (C=O) groups is 2. The predicted molar refractivity (Wildman–Crippen MR) is 107 cm³/mol. The summed E-state index contributed by atoms with van der Waals surface area (Å²) < 4.78 is 5.68. The average molecular weight is 381 g/mol. The smallest absolute Gasteiger partial charge is 0.309 e. The first-order valence-corrected chi connectivity index (χ1v) is 11.4. The lowest BCUT2D eigenvalue weighted by molar-refractivity contribution is -0.161. The molecule has 4 heteroatoms. The van der Waals surface area contributed by atoms with Crippen LogP contribution in [0.1, 0.15) is 97.3 Å². The number of aliphatic carboxylic acids is 1. The third-order valence-corrected chi connectivity index (χ3v) is 7.01. The lowest BCUT2D eigenvalue weighted by Gasteiger charge is -2.35. The number of hydrogen-bond acceptors (Lipinski definition) is 3. The molecule has 0 spiro atoms. The predicted octanol–water partition coefficient (Wildman–Crippen LogP) is 5.83. The largest absolute Gasteiger partial charge is 0.481 e. The van der Waals surface area contributed by atoms with Crippen molar-refractivity contribution in [1.29, 1.82) is 0 Å². The fourth-order valence-corrected chi connectivity index (χ4v) is 5.05. The van der Waals surface area contributed by atoms with Gasteiger partial charge >= 0.3 is 11.9 Å². The van der Waals surface area contributed by atoms with Crippen molar-refractivity contribution >= 4 is 11.9 Å². The van der Waals surface area contributed by atoms with Crippen LogP contribution in [0.5, 0.6) is 0 Å². The molecule has 0 heterocycles. The van der Waals surface area contributed by atoms with Gasteiger partial charge in [-0.1, -0.05) is 78.1 Å². The monoisotopic (exact) mass is 380 g/mol. The molecule has 2 aliphatic carbocycles. The molecule has 2 rings (SSSR count).